The molecule has 4 rings (SSSR count). The number of amides is 1. The molecule has 1 atom stereocenters. The molecule has 2 fully saturated rings. The highest BCUT2D eigenvalue weighted by atomic mass is 16.5. The number of hydrogen-bond acceptors (Lipinski definition) is 5. The molecule has 1 spiro atoms. The monoisotopic (exact) mass is 352 g/mol. The summed E-state index contributed by atoms with van der Waals surface area (Å²) >= 11 is 0. The molecule has 0 N–H and O–H groups in total. The van der Waals surface area contributed by atoms with Crippen molar-refractivity contribution in [1.82, 2.24) is 19.9 Å². The number of nitrogens with zero attached hydrogens (tertiary/aromatic N) is 4. The minimum atomic E-state index is 0.00470. The van der Waals surface area contributed by atoms with Crippen molar-refractivity contribution < 1.29 is 9.53 Å². The van der Waals surface area contributed by atoms with E-state index in [1.807, 2.05) is 24.0 Å². The van der Waals surface area contributed by atoms with E-state index in [9.17, 15) is 4.79 Å². The standard InChI is InChI=1S/C20H24N4O2/c1-15-17(14-22-18(23-15)16-5-2-9-21-13-16)19(25)24-10-3-6-20(8-11-24)7-4-12-26-20/h2,5,9,13-14H,3-4,6-8,10-12H2,1H3/t20-/m1/s1. The summed E-state index contributed by atoms with van der Waals surface area (Å²) in [5.74, 6) is 0.622. The van der Waals surface area contributed by atoms with Crippen molar-refractivity contribution >= 4 is 5.91 Å². The summed E-state index contributed by atoms with van der Waals surface area (Å²) in [6.07, 6.45) is 10.3. The molecule has 0 aliphatic carbocycles. The Kier molecular flexibility index (Phi) is 4.68. The third-order valence-electron chi connectivity index (χ3n) is 5.50. The fourth-order valence-electron chi connectivity index (χ4n) is 4.00. The number of aromatic nitrogens is 3. The zero-order valence-electron chi connectivity index (χ0n) is 15.1. The van der Waals surface area contributed by atoms with E-state index in [4.69, 9.17) is 4.74 Å². The van der Waals surface area contributed by atoms with Crippen molar-refractivity contribution in [3.8, 4) is 11.4 Å². The summed E-state index contributed by atoms with van der Waals surface area (Å²) in [4.78, 5) is 28.0. The molecule has 2 aromatic heterocycles. The highest BCUT2D eigenvalue weighted by Gasteiger charge is 2.37. The first-order chi connectivity index (χ1) is 12.7. The highest BCUT2D eigenvalue weighted by Crippen LogP contribution is 2.35. The molecule has 1 amide bonds. The van der Waals surface area contributed by atoms with Gasteiger partial charge in [0, 0.05) is 43.9 Å². The average Bonchev–Trinajstić information content (AvgIpc) is 3.02. The lowest BCUT2D eigenvalue weighted by Crippen LogP contribution is -2.34. The third kappa shape index (κ3) is 3.33. The van der Waals surface area contributed by atoms with Gasteiger partial charge in [0.15, 0.2) is 5.82 Å². The molecule has 0 aromatic carbocycles. The topological polar surface area (TPSA) is 68.2 Å². The van der Waals surface area contributed by atoms with Crippen LogP contribution in [0.15, 0.2) is 30.7 Å². The number of carbonyl (C=O) groups is 1. The Morgan fingerprint density at radius 1 is 1.19 bits per heavy atom. The zero-order valence-corrected chi connectivity index (χ0v) is 15.1. The second-order valence-corrected chi connectivity index (χ2v) is 7.22. The van der Waals surface area contributed by atoms with Gasteiger partial charge in [0.2, 0.25) is 0 Å². The molecule has 0 unspecified atom stereocenters. The molecule has 6 heteroatoms. The molecule has 2 aliphatic rings. The van der Waals surface area contributed by atoms with Crippen LogP contribution < -0.4 is 0 Å². The van der Waals surface area contributed by atoms with E-state index < -0.39 is 0 Å². The fraction of sp³-hybridized carbons (Fsp3) is 0.500. The number of rotatable bonds is 2. The van der Waals surface area contributed by atoms with Crippen molar-refractivity contribution in [2.45, 2.75) is 44.6 Å². The first-order valence-corrected chi connectivity index (χ1v) is 9.34. The lowest BCUT2D eigenvalue weighted by atomic mass is 9.92. The van der Waals surface area contributed by atoms with Crippen LogP contribution in [0.4, 0.5) is 0 Å². The minimum absolute atomic E-state index is 0.00470. The van der Waals surface area contributed by atoms with Crippen LogP contribution in [0.2, 0.25) is 0 Å². The van der Waals surface area contributed by atoms with E-state index >= 15 is 0 Å². The van der Waals surface area contributed by atoms with Gasteiger partial charge in [-0.05, 0) is 51.2 Å². The smallest absolute Gasteiger partial charge is 0.257 e. The molecule has 2 aromatic rings. The fourth-order valence-corrected chi connectivity index (χ4v) is 4.00. The van der Waals surface area contributed by atoms with E-state index in [0.29, 0.717) is 17.1 Å². The molecule has 2 saturated heterocycles. The number of ether oxygens (including phenoxy) is 1. The number of carbonyl (C=O) groups excluding carboxylic acids is 1. The number of aryl methyl sites for hydroxylation is 1. The van der Waals surface area contributed by atoms with Gasteiger partial charge in [-0.25, -0.2) is 9.97 Å². The number of hydrogen-bond donors (Lipinski definition) is 0. The molecular formula is C20H24N4O2. The maximum Gasteiger partial charge on any atom is 0.257 e. The van der Waals surface area contributed by atoms with Gasteiger partial charge in [0.25, 0.3) is 5.91 Å². The maximum absolute atomic E-state index is 13.0. The molecule has 0 bridgehead atoms. The van der Waals surface area contributed by atoms with E-state index in [1.54, 1.807) is 18.6 Å². The summed E-state index contributed by atoms with van der Waals surface area (Å²) in [6.45, 7) is 4.24. The van der Waals surface area contributed by atoms with Crippen LogP contribution >= 0.6 is 0 Å². The van der Waals surface area contributed by atoms with Crippen molar-refractivity contribution in [1.29, 1.82) is 0 Å². The van der Waals surface area contributed by atoms with Crippen LogP contribution in [0.1, 0.15) is 48.2 Å². The quantitative estimate of drug-likeness (QED) is 0.831. The van der Waals surface area contributed by atoms with Gasteiger partial charge in [0.1, 0.15) is 0 Å². The van der Waals surface area contributed by atoms with Crippen molar-refractivity contribution in [3.63, 3.8) is 0 Å². The number of likely N-dealkylation sites (tertiary alicyclic amines) is 1. The van der Waals surface area contributed by atoms with Crippen molar-refractivity contribution in [2.75, 3.05) is 19.7 Å². The Labute approximate surface area is 153 Å². The molecular weight excluding hydrogens is 328 g/mol. The van der Waals surface area contributed by atoms with E-state index in [2.05, 4.69) is 15.0 Å². The molecule has 2 aliphatic heterocycles. The second kappa shape index (κ2) is 7.11. The second-order valence-electron chi connectivity index (χ2n) is 7.22. The van der Waals surface area contributed by atoms with Gasteiger partial charge in [-0.1, -0.05) is 0 Å². The molecule has 6 nitrogen and oxygen atoms in total. The predicted octanol–water partition coefficient (Wildman–Crippen LogP) is 3.02. The Balaban J connectivity index is 1.51. The number of pyridine rings is 1. The van der Waals surface area contributed by atoms with E-state index in [-0.39, 0.29) is 11.5 Å². The average molecular weight is 352 g/mol. The lowest BCUT2D eigenvalue weighted by molar-refractivity contribution is -0.00692. The lowest BCUT2D eigenvalue weighted by Gasteiger charge is -2.27. The van der Waals surface area contributed by atoms with Crippen LogP contribution in [0.3, 0.4) is 0 Å². The van der Waals surface area contributed by atoms with Crippen LogP contribution in [0.5, 0.6) is 0 Å². The normalized spacial score (nSPS) is 23.2. The van der Waals surface area contributed by atoms with Crippen LogP contribution in [0, 0.1) is 6.92 Å². The SMILES string of the molecule is Cc1nc(-c2cccnc2)ncc1C(=O)N1CCC[C@@]2(CCCO2)CC1. The van der Waals surface area contributed by atoms with Gasteiger partial charge < -0.3 is 9.64 Å². The molecule has 0 saturated carbocycles. The van der Waals surface area contributed by atoms with Gasteiger partial charge in [-0.15, -0.1) is 0 Å². The summed E-state index contributed by atoms with van der Waals surface area (Å²) in [5, 5.41) is 0. The summed E-state index contributed by atoms with van der Waals surface area (Å²) < 4.78 is 6.02. The largest absolute Gasteiger partial charge is 0.375 e. The van der Waals surface area contributed by atoms with Crippen LogP contribution in [-0.2, 0) is 4.74 Å². The molecule has 0 radical (unpaired) electrons. The van der Waals surface area contributed by atoms with E-state index in [1.165, 1.54) is 0 Å². The summed E-state index contributed by atoms with van der Waals surface area (Å²) in [6, 6.07) is 3.77. The molecule has 136 valence electrons. The van der Waals surface area contributed by atoms with Crippen LogP contribution in [0.25, 0.3) is 11.4 Å². The Bertz CT molecular complexity index is 788. The molecule has 4 heterocycles. The Morgan fingerprint density at radius 3 is 2.81 bits per heavy atom. The van der Waals surface area contributed by atoms with Gasteiger partial charge in [-0.3, -0.25) is 9.78 Å². The highest BCUT2D eigenvalue weighted by molar-refractivity contribution is 5.95. The zero-order chi connectivity index (χ0) is 18.0. The summed E-state index contributed by atoms with van der Waals surface area (Å²) in [5.41, 5.74) is 2.15. The third-order valence-corrected chi connectivity index (χ3v) is 5.50. The Hall–Kier alpha value is -2.34. The molecule has 26 heavy (non-hydrogen) atoms. The first-order valence-electron chi connectivity index (χ1n) is 9.34. The Morgan fingerprint density at radius 2 is 2.08 bits per heavy atom. The van der Waals surface area contributed by atoms with Crippen molar-refractivity contribution in [2.24, 2.45) is 0 Å². The minimum Gasteiger partial charge on any atom is -0.375 e. The van der Waals surface area contributed by atoms with Gasteiger partial charge in [0.05, 0.1) is 16.9 Å². The van der Waals surface area contributed by atoms with Gasteiger partial charge in [-0.2, -0.15) is 0 Å². The first kappa shape index (κ1) is 17.1. The predicted molar refractivity (Wildman–Crippen MR) is 97.7 cm³/mol. The maximum atomic E-state index is 13.0. The van der Waals surface area contributed by atoms with E-state index in [0.717, 1.165) is 57.4 Å². The van der Waals surface area contributed by atoms with Gasteiger partial charge >= 0.3 is 0 Å². The van der Waals surface area contributed by atoms with Crippen molar-refractivity contribution in [3.05, 3.63) is 42.0 Å². The van der Waals surface area contributed by atoms with Crippen LogP contribution in [-0.4, -0.2) is 51.1 Å². The summed E-state index contributed by atoms with van der Waals surface area (Å²) in [7, 11) is 0.